The molecule has 2 N–H and O–H groups in total. The van der Waals surface area contributed by atoms with Crippen LogP contribution in [0.1, 0.15) is 26.7 Å². The van der Waals surface area contributed by atoms with E-state index >= 15 is 0 Å². The molecule has 0 radical (unpaired) electrons. The van der Waals surface area contributed by atoms with Gasteiger partial charge < -0.3 is 15.4 Å². The van der Waals surface area contributed by atoms with Crippen LogP contribution < -0.4 is 5.73 Å². The van der Waals surface area contributed by atoms with Gasteiger partial charge in [-0.05, 0) is 12.3 Å². The first-order valence-electron chi connectivity index (χ1n) is 5.61. The second-order valence-corrected chi connectivity index (χ2v) is 4.63. The van der Waals surface area contributed by atoms with Crippen molar-refractivity contribution in [3.63, 3.8) is 0 Å². The highest BCUT2D eigenvalue weighted by Gasteiger charge is 2.25. The molecular weight excluding hydrogens is 192 g/mol. The van der Waals surface area contributed by atoms with E-state index in [9.17, 15) is 4.79 Å². The average molecular weight is 214 g/mol. The zero-order valence-electron chi connectivity index (χ0n) is 9.90. The van der Waals surface area contributed by atoms with Crippen molar-refractivity contribution in [3.8, 4) is 0 Å². The van der Waals surface area contributed by atoms with Crippen molar-refractivity contribution in [2.24, 2.45) is 11.7 Å². The highest BCUT2D eigenvalue weighted by Crippen LogP contribution is 2.13. The zero-order valence-corrected chi connectivity index (χ0v) is 9.90. The van der Waals surface area contributed by atoms with Crippen molar-refractivity contribution in [2.45, 2.75) is 38.8 Å². The lowest BCUT2D eigenvalue weighted by molar-refractivity contribution is -0.132. The fourth-order valence-electron chi connectivity index (χ4n) is 1.61. The molecule has 15 heavy (non-hydrogen) atoms. The van der Waals surface area contributed by atoms with Crippen LogP contribution in [0.15, 0.2) is 0 Å². The normalized spacial score (nSPS) is 23.1. The molecule has 1 fully saturated rings. The third kappa shape index (κ3) is 3.47. The minimum atomic E-state index is -0.0396. The van der Waals surface area contributed by atoms with E-state index in [1.54, 1.807) is 4.90 Å². The number of carbonyl (C=O) groups is 1. The molecular formula is C11H22N2O2. The predicted octanol–water partition coefficient (Wildman–Crippen LogP) is 0.607. The molecule has 4 nitrogen and oxygen atoms in total. The highest BCUT2D eigenvalue weighted by molar-refractivity contribution is 5.76. The van der Waals surface area contributed by atoms with E-state index in [0.717, 1.165) is 13.0 Å². The van der Waals surface area contributed by atoms with Crippen molar-refractivity contribution in [1.82, 2.24) is 4.90 Å². The van der Waals surface area contributed by atoms with Crippen LogP contribution in [0.25, 0.3) is 0 Å². The Labute approximate surface area is 91.8 Å². The first kappa shape index (κ1) is 12.5. The highest BCUT2D eigenvalue weighted by atomic mass is 16.5. The van der Waals surface area contributed by atoms with Crippen molar-refractivity contribution in [2.75, 3.05) is 20.3 Å². The van der Waals surface area contributed by atoms with Crippen LogP contribution in [0.5, 0.6) is 0 Å². The van der Waals surface area contributed by atoms with E-state index in [1.807, 2.05) is 20.9 Å². The topological polar surface area (TPSA) is 55.6 Å². The van der Waals surface area contributed by atoms with Gasteiger partial charge >= 0.3 is 0 Å². The van der Waals surface area contributed by atoms with Crippen LogP contribution in [-0.2, 0) is 9.53 Å². The Kier molecular flexibility index (Phi) is 4.54. The third-order valence-electron chi connectivity index (χ3n) is 3.11. The van der Waals surface area contributed by atoms with E-state index in [-0.39, 0.29) is 18.0 Å². The molecule has 0 saturated carbocycles. The molecule has 2 atom stereocenters. The second-order valence-electron chi connectivity index (χ2n) is 4.63. The smallest absolute Gasteiger partial charge is 0.224 e. The number of likely N-dealkylation sites (N-methyl/N-ethyl adjacent to an activating group) is 1. The second kappa shape index (κ2) is 5.47. The molecule has 1 saturated heterocycles. The number of amides is 1. The Morgan fingerprint density at radius 2 is 2.27 bits per heavy atom. The van der Waals surface area contributed by atoms with Gasteiger partial charge in [-0.15, -0.1) is 0 Å². The molecule has 0 bridgehead atoms. The lowest BCUT2D eigenvalue weighted by Crippen LogP contribution is -2.41. The first-order chi connectivity index (χ1) is 7.02. The van der Waals surface area contributed by atoms with Gasteiger partial charge in [-0.2, -0.15) is 0 Å². The molecule has 0 aromatic heterocycles. The maximum absolute atomic E-state index is 11.8. The quantitative estimate of drug-likeness (QED) is 0.746. The monoisotopic (exact) mass is 214 g/mol. The Balaban J connectivity index is 2.38. The number of hydrogen-bond acceptors (Lipinski definition) is 3. The summed E-state index contributed by atoms with van der Waals surface area (Å²) in [6.07, 6.45) is 1.38. The van der Waals surface area contributed by atoms with Crippen molar-refractivity contribution < 1.29 is 9.53 Å². The van der Waals surface area contributed by atoms with Gasteiger partial charge in [0.2, 0.25) is 5.91 Å². The molecule has 4 heteroatoms. The maximum atomic E-state index is 11.8. The fraction of sp³-hybridized carbons (Fsp3) is 0.909. The summed E-state index contributed by atoms with van der Waals surface area (Å²) in [4.78, 5) is 13.6. The molecule has 1 amide bonds. The summed E-state index contributed by atoms with van der Waals surface area (Å²) in [5.41, 5.74) is 5.88. The number of nitrogens with two attached hydrogens (primary N) is 1. The summed E-state index contributed by atoms with van der Waals surface area (Å²) >= 11 is 0. The summed E-state index contributed by atoms with van der Waals surface area (Å²) in [7, 11) is 1.84. The van der Waals surface area contributed by atoms with E-state index in [4.69, 9.17) is 10.5 Å². The lowest BCUT2D eigenvalue weighted by atomic mass is 10.0. The van der Waals surface area contributed by atoms with E-state index < -0.39 is 0 Å². The molecule has 0 aromatic rings. The van der Waals surface area contributed by atoms with Gasteiger partial charge in [0.05, 0.1) is 12.6 Å². The van der Waals surface area contributed by atoms with Crippen molar-refractivity contribution >= 4 is 5.91 Å². The molecule has 88 valence electrons. The number of rotatable bonds is 4. The summed E-state index contributed by atoms with van der Waals surface area (Å²) < 4.78 is 5.26. The summed E-state index contributed by atoms with van der Waals surface area (Å²) in [6, 6.07) is 0.208. The van der Waals surface area contributed by atoms with E-state index in [2.05, 4.69) is 0 Å². The summed E-state index contributed by atoms with van der Waals surface area (Å²) in [6.45, 7) is 5.50. The maximum Gasteiger partial charge on any atom is 0.224 e. The molecule has 2 unspecified atom stereocenters. The SMILES string of the molecule is CC(C)C(N)CC(=O)N(C)C1CCOC1. The van der Waals surface area contributed by atoms with Crippen LogP contribution >= 0.6 is 0 Å². The standard InChI is InChI=1S/C11H22N2O2/c1-8(2)10(12)6-11(14)13(3)9-4-5-15-7-9/h8-10H,4-7,12H2,1-3H3. The zero-order chi connectivity index (χ0) is 11.4. The number of hydrogen-bond donors (Lipinski definition) is 1. The Morgan fingerprint density at radius 3 is 2.73 bits per heavy atom. The van der Waals surface area contributed by atoms with Crippen molar-refractivity contribution in [1.29, 1.82) is 0 Å². The first-order valence-corrected chi connectivity index (χ1v) is 5.61. The van der Waals surface area contributed by atoms with Crippen LogP contribution in [0.4, 0.5) is 0 Å². The summed E-state index contributed by atoms with van der Waals surface area (Å²) in [5.74, 6) is 0.480. The number of ether oxygens (including phenoxy) is 1. The predicted molar refractivity (Wildman–Crippen MR) is 59.4 cm³/mol. The molecule has 1 heterocycles. The minimum absolute atomic E-state index is 0.0396. The van der Waals surface area contributed by atoms with E-state index in [0.29, 0.717) is 18.9 Å². The average Bonchev–Trinajstić information content (AvgIpc) is 2.68. The van der Waals surface area contributed by atoms with Gasteiger partial charge in [0.1, 0.15) is 0 Å². The molecule has 0 spiro atoms. The largest absolute Gasteiger partial charge is 0.379 e. The Hall–Kier alpha value is -0.610. The van der Waals surface area contributed by atoms with Gasteiger partial charge in [-0.3, -0.25) is 4.79 Å². The number of carbonyl (C=O) groups excluding carboxylic acids is 1. The molecule has 1 aliphatic heterocycles. The van der Waals surface area contributed by atoms with Gasteiger partial charge in [0.15, 0.2) is 0 Å². The summed E-state index contributed by atoms with van der Waals surface area (Å²) in [5, 5.41) is 0. The molecule has 1 aliphatic rings. The molecule has 0 aromatic carbocycles. The molecule has 0 aliphatic carbocycles. The Bertz CT molecular complexity index is 213. The van der Waals surface area contributed by atoms with Gasteiger partial charge in [-0.25, -0.2) is 0 Å². The number of nitrogens with zero attached hydrogens (tertiary/aromatic N) is 1. The Morgan fingerprint density at radius 1 is 1.60 bits per heavy atom. The fourth-order valence-corrected chi connectivity index (χ4v) is 1.61. The van der Waals surface area contributed by atoms with Crippen molar-refractivity contribution in [3.05, 3.63) is 0 Å². The van der Waals surface area contributed by atoms with Crippen LogP contribution in [-0.4, -0.2) is 43.2 Å². The van der Waals surface area contributed by atoms with Gasteiger partial charge in [0, 0.05) is 26.1 Å². The van der Waals surface area contributed by atoms with Gasteiger partial charge in [-0.1, -0.05) is 13.8 Å². The van der Waals surface area contributed by atoms with Crippen LogP contribution in [0.3, 0.4) is 0 Å². The third-order valence-corrected chi connectivity index (χ3v) is 3.11. The minimum Gasteiger partial charge on any atom is -0.379 e. The lowest BCUT2D eigenvalue weighted by Gasteiger charge is -2.25. The van der Waals surface area contributed by atoms with Crippen LogP contribution in [0, 0.1) is 5.92 Å². The molecule has 1 rings (SSSR count). The van der Waals surface area contributed by atoms with Gasteiger partial charge in [0.25, 0.3) is 0 Å². The van der Waals surface area contributed by atoms with Crippen LogP contribution in [0.2, 0.25) is 0 Å². The van der Waals surface area contributed by atoms with E-state index in [1.165, 1.54) is 0 Å².